The molecule has 0 spiro atoms. The monoisotopic (exact) mass is 276 g/mol. The Morgan fingerprint density at radius 3 is 2.60 bits per heavy atom. The summed E-state index contributed by atoms with van der Waals surface area (Å²) in [5, 5.41) is 18.7. The van der Waals surface area contributed by atoms with E-state index in [1.54, 1.807) is 19.1 Å². The van der Waals surface area contributed by atoms with Crippen LogP contribution in [0.5, 0.6) is 0 Å². The minimum atomic E-state index is -1.09. The number of benzene rings is 1. The minimum Gasteiger partial charge on any atom is -0.481 e. The molecule has 0 aliphatic rings. The lowest BCUT2D eigenvalue weighted by atomic mass is 9.94. The van der Waals surface area contributed by atoms with E-state index in [-0.39, 0.29) is 18.1 Å². The number of carboxylic acid groups (broad SMARTS) is 2. The van der Waals surface area contributed by atoms with Gasteiger partial charge in [0.2, 0.25) is 5.76 Å². The van der Waals surface area contributed by atoms with Crippen LogP contribution in [-0.4, -0.2) is 22.2 Å². The van der Waals surface area contributed by atoms with Gasteiger partial charge in [-0.2, -0.15) is 0 Å². The van der Waals surface area contributed by atoms with E-state index in [9.17, 15) is 9.59 Å². The number of furan rings is 1. The highest BCUT2D eigenvalue weighted by molar-refractivity contribution is 5.96. The molecule has 1 aromatic heterocycles. The quantitative estimate of drug-likeness (QED) is 0.876. The van der Waals surface area contributed by atoms with Gasteiger partial charge >= 0.3 is 11.9 Å². The van der Waals surface area contributed by atoms with Crippen molar-refractivity contribution in [3.05, 3.63) is 35.1 Å². The second-order valence-electron chi connectivity index (χ2n) is 5.06. The molecule has 2 N–H and O–H groups in total. The Labute approximate surface area is 115 Å². The highest BCUT2D eigenvalue weighted by atomic mass is 16.4. The van der Waals surface area contributed by atoms with Crippen LogP contribution in [-0.2, 0) is 11.2 Å². The van der Waals surface area contributed by atoms with Gasteiger partial charge in [0.1, 0.15) is 5.58 Å². The first-order valence-corrected chi connectivity index (χ1v) is 6.36. The summed E-state index contributed by atoms with van der Waals surface area (Å²) < 4.78 is 5.35. The Bertz CT molecular complexity index is 668. The van der Waals surface area contributed by atoms with Crippen molar-refractivity contribution >= 4 is 22.9 Å². The van der Waals surface area contributed by atoms with Crippen molar-refractivity contribution in [2.45, 2.75) is 26.7 Å². The van der Waals surface area contributed by atoms with Gasteiger partial charge in [0.05, 0.1) is 0 Å². The van der Waals surface area contributed by atoms with E-state index in [0.717, 1.165) is 10.9 Å². The van der Waals surface area contributed by atoms with Gasteiger partial charge in [-0.05, 0) is 30.9 Å². The summed E-state index contributed by atoms with van der Waals surface area (Å²) in [6.45, 7) is 3.57. The van der Waals surface area contributed by atoms with Crippen LogP contribution in [0.25, 0.3) is 11.0 Å². The summed E-state index contributed by atoms with van der Waals surface area (Å²) in [6.07, 6.45) is 0.655. The molecule has 1 aromatic carbocycles. The molecule has 0 aliphatic carbocycles. The lowest BCUT2D eigenvalue weighted by Crippen LogP contribution is -2.07. The average Bonchev–Trinajstić information content (AvgIpc) is 2.67. The van der Waals surface area contributed by atoms with Crippen LogP contribution in [0.1, 0.15) is 35.0 Å². The van der Waals surface area contributed by atoms with Gasteiger partial charge in [-0.1, -0.05) is 19.1 Å². The molecule has 0 saturated carbocycles. The van der Waals surface area contributed by atoms with Gasteiger partial charge in [-0.15, -0.1) is 0 Å². The Kier molecular flexibility index (Phi) is 3.79. The summed E-state index contributed by atoms with van der Waals surface area (Å²) >= 11 is 0. The summed E-state index contributed by atoms with van der Waals surface area (Å²) in [7, 11) is 0. The molecule has 0 aliphatic heterocycles. The number of hydrogen-bond donors (Lipinski definition) is 2. The Balaban J connectivity index is 2.43. The number of carbonyl (C=O) groups is 2. The maximum atomic E-state index is 11.1. The number of aryl methyl sites for hydroxylation is 1. The van der Waals surface area contributed by atoms with Crippen LogP contribution in [0.15, 0.2) is 22.6 Å². The van der Waals surface area contributed by atoms with Gasteiger partial charge in [-0.3, -0.25) is 4.79 Å². The fourth-order valence-electron chi connectivity index (χ4n) is 2.51. The van der Waals surface area contributed by atoms with Crippen molar-refractivity contribution in [3.8, 4) is 0 Å². The topological polar surface area (TPSA) is 87.7 Å². The third kappa shape index (κ3) is 2.66. The van der Waals surface area contributed by atoms with Gasteiger partial charge < -0.3 is 14.6 Å². The third-order valence-electron chi connectivity index (χ3n) is 3.33. The molecule has 0 radical (unpaired) electrons. The van der Waals surface area contributed by atoms with Crippen LogP contribution in [0, 0.1) is 12.8 Å². The molecule has 0 bridgehead atoms. The molecule has 1 atom stereocenters. The first kappa shape index (κ1) is 14.1. The SMILES string of the molecule is Cc1c(C(=O)O)oc2cccc(CC(C)CC(=O)O)c12. The van der Waals surface area contributed by atoms with E-state index in [1.807, 2.05) is 13.0 Å². The Morgan fingerprint density at radius 1 is 1.30 bits per heavy atom. The molecular weight excluding hydrogens is 260 g/mol. The molecular formula is C15H16O5. The molecule has 0 saturated heterocycles. The zero-order valence-electron chi connectivity index (χ0n) is 11.3. The van der Waals surface area contributed by atoms with Crippen LogP contribution in [0.2, 0.25) is 0 Å². The van der Waals surface area contributed by atoms with E-state index < -0.39 is 11.9 Å². The van der Waals surface area contributed by atoms with Gasteiger partial charge in [-0.25, -0.2) is 4.79 Å². The van der Waals surface area contributed by atoms with Crippen molar-refractivity contribution in [1.29, 1.82) is 0 Å². The Hall–Kier alpha value is -2.30. The molecule has 0 fully saturated rings. The van der Waals surface area contributed by atoms with E-state index in [2.05, 4.69) is 0 Å². The largest absolute Gasteiger partial charge is 0.481 e. The predicted octanol–water partition coefficient (Wildman–Crippen LogP) is 3.09. The lowest BCUT2D eigenvalue weighted by molar-refractivity contribution is -0.137. The van der Waals surface area contributed by atoms with Crippen molar-refractivity contribution in [2.24, 2.45) is 5.92 Å². The van der Waals surface area contributed by atoms with E-state index in [4.69, 9.17) is 14.6 Å². The molecule has 106 valence electrons. The number of aliphatic carboxylic acids is 1. The van der Waals surface area contributed by atoms with E-state index >= 15 is 0 Å². The zero-order valence-corrected chi connectivity index (χ0v) is 11.3. The van der Waals surface area contributed by atoms with Crippen LogP contribution < -0.4 is 0 Å². The average molecular weight is 276 g/mol. The zero-order chi connectivity index (χ0) is 14.9. The second kappa shape index (κ2) is 5.36. The van der Waals surface area contributed by atoms with Gasteiger partial charge in [0, 0.05) is 17.4 Å². The predicted molar refractivity (Wildman–Crippen MR) is 73.0 cm³/mol. The summed E-state index contributed by atoms with van der Waals surface area (Å²) in [5.74, 6) is -2.01. The number of fused-ring (bicyclic) bond motifs is 1. The van der Waals surface area contributed by atoms with Crippen molar-refractivity contribution in [1.82, 2.24) is 0 Å². The molecule has 5 heteroatoms. The fraction of sp³-hybridized carbons (Fsp3) is 0.333. The Morgan fingerprint density at radius 2 is 2.00 bits per heavy atom. The normalized spacial score (nSPS) is 12.5. The first-order chi connectivity index (χ1) is 9.40. The van der Waals surface area contributed by atoms with Crippen LogP contribution in [0.3, 0.4) is 0 Å². The molecule has 20 heavy (non-hydrogen) atoms. The molecule has 2 aromatic rings. The second-order valence-corrected chi connectivity index (χ2v) is 5.06. The van der Waals surface area contributed by atoms with E-state index in [0.29, 0.717) is 17.6 Å². The number of aromatic carboxylic acids is 1. The summed E-state index contributed by atoms with van der Waals surface area (Å²) in [6, 6.07) is 5.40. The lowest BCUT2D eigenvalue weighted by Gasteiger charge is -2.09. The third-order valence-corrected chi connectivity index (χ3v) is 3.33. The fourth-order valence-corrected chi connectivity index (χ4v) is 2.51. The molecule has 1 heterocycles. The molecule has 5 nitrogen and oxygen atoms in total. The van der Waals surface area contributed by atoms with Crippen molar-refractivity contribution in [2.75, 3.05) is 0 Å². The maximum Gasteiger partial charge on any atom is 0.372 e. The highest BCUT2D eigenvalue weighted by Crippen LogP contribution is 2.30. The van der Waals surface area contributed by atoms with Crippen LogP contribution >= 0.6 is 0 Å². The molecule has 1 unspecified atom stereocenters. The molecule has 2 rings (SSSR count). The van der Waals surface area contributed by atoms with Crippen LogP contribution in [0.4, 0.5) is 0 Å². The number of hydrogen-bond acceptors (Lipinski definition) is 3. The maximum absolute atomic E-state index is 11.1. The highest BCUT2D eigenvalue weighted by Gasteiger charge is 2.19. The number of carboxylic acids is 2. The van der Waals surface area contributed by atoms with Crippen molar-refractivity contribution in [3.63, 3.8) is 0 Å². The first-order valence-electron chi connectivity index (χ1n) is 6.36. The molecule has 0 amide bonds. The van der Waals surface area contributed by atoms with Gasteiger partial charge in [0.25, 0.3) is 0 Å². The smallest absolute Gasteiger partial charge is 0.372 e. The summed E-state index contributed by atoms with van der Waals surface area (Å²) in [4.78, 5) is 21.8. The van der Waals surface area contributed by atoms with Crippen molar-refractivity contribution < 1.29 is 24.2 Å². The standard InChI is InChI=1S/C15H16O5/c1-8(7-12(16)17)6-10-4-3-5-11-13(10)9(2)14(20-11)15(18)19/h3-5,8H,6-7H2,1-2H3,(H,16,17)(H,18,19). The van der Waals surface area contributed by atoms with Gasteiger partial charge in [0.15, 0.2) is 0 Å². The minimum absolute atomic E-state index is 0.0271. The summed E-state index contributed by atoms with van der Waals surface area (Å²) in [5.41, 5.74) is 2.04. The van der Waals surface area contributed by atoms with E-state index in [1.165, 1.54) is 0 Å². The number of rotatable bonds is 5.